The third-order valence-electron chi connectivity index (χ3n) is 4.71. The number of carbonyl (C=O) groups is 1. The fourth-order valence-electron chi connectivity index (χ4n) is 3.28. The number of hydrogen-bond donors (Lipinski definition) is 2. The SMILES string of the molecule is C/C(=N\N1C(=O)c2ccccc2NC1c1ccc(Cl)cc1Cl)c1ccccc1O. The van der Waals surface area contributed by atoms with Crippen LogP contribution < -0.4 is 5.32 Å². The third kappa shape index (κ3) is 3.67. The Bertz CT molecular complexity index is 1130. The van der Waals surface area contributed by atoms with Crippen LogP contribution in [0, 0.1) is 0 Å². The van der Waals surface area contributed by atoms with E-state index in [-0.39, 0.29) is 11.7 Å². The van der Waals surface area contributed by atoms with Crippen LogP contribution in [0.5, 0.6) is 5.75 Å². The second kappa shape index (κ2) is 7.78. The van der Waals surface area contributed by atoms with E-state index in [0.717, 1.165) is 0 Å². The van der Waals surface area contributed by atoms with Gasteiger partial charge in [-0.25, -0.2) is 5.01 Å². The maximum absolute atomic E-state index is 13.3. The number of aromatic hydroxyl groups is 1. The van der Waals surface area contributed by atoms with Crippen LogP contribution in [0.3, 0.4) is 0 Å². The van der Waals surface area contributed by atoms with Crippen molar-refractivity contribution in [3.8, 4) is 5.75 Å². The molecule has 0 saturated heterocycles. The molecule has 0 aromatic heterocycles. The van der Waals surface area contributed by atoms with Crippen LogP contribution in [0.1, 0.15) is 34.6 Å². The Kier molecular flexibility index (Phi) is 5.18. The predicted molar refractivity (Wildman–Crippen MR) is 116 cm³/mol. The zero-order valence-corrected chi connectivity index (χ0v) is 16.9. The smallest absolute Gasteiger partial charge is 0.278 e. The van der Waals surface area contributed by atoms with Crippen molar-refractivity contribution in [1.29, 1.82) is 0 Å². The summed E-state index contributed by atoms with van der Waals surface area (Å²) in [5.41, 5.74) is 2.89. The van der Waals surface area contributed by atoms with E-state index in [1.165, 1.54) is 5.01 Å². The highest BCUT2D eigenvalue weighted by molar-refractivity contribution is 6.35. The van der Waals surface area contributed by atoms with Gasteiger partial charge in [0.15, 0.2) is 6.17 Å². The van der Waals surface area contributed by atoms with Crippen molar-refractivity contribution in [2.75, 3.05) is 5.32 Å². The summed E-state index contributed by atoms with van der Waals surface area (Å²) in [6.07, 6.45) is -0.636. The Morgan fingerprint density at radius 2 is 1.79 bits per heavy atom. The van der Waals surface area contributed by atoms with Crippen LogP contribution in [0.15, 0.2) is 71.8 Å². The summed E-state index contributed by atoms with van der Waals surface area (Å²) in [5.74, 6) is -0.183. The monoisotopic (exact) mass is 425 g/mol. The average Bonchev–Trinajstić information content (AvgIpc) is 2.70. The first-order valence-corrected chi connectivity index (χ1v) is 9.69. The Labute approximate surface area is 178 Å². The van der Waals surface area contributed by atoms with Gasteiger partial charge in [0.05, 0.1) is 11.3 Å². The number of hydrazone groups is 1. The van der Waals surface area contributed by atoms with Crippen molar-refractivity contribution in [3.63, 3.8) is 0 Å². The van der Waals surface area contributed by atoms with Gasteiger partial charge in [0, 0.05) is 26.9 Å². The van der Waals surface area contributed by atoms with E-state index in [2.05, 4.69) is 10.4 Å². The standard InChI is InChI=1S/C22H17Cl2N3O2/c1-13(15-6-3-5-9-20(15)28)26-27-21(16-11-10-14(23)12-18(16)24)25-19-8-4-2-7-17(19)22(27)29/h2-12,21,25,28H,1H3/b26-13+. The van der Waals surface area contributed by atoms with Crippen LogP contribution in [-0.2, 0) is 0 Å². The number of carbonyl (C=O) groups excluding carboxylic acids is 1. The number of hydrogen-bond acceptors (Lipinski definition) is 4. The molecule has 0 spiro atoms. The normalized spacial score (nSPS) is 16.4. The summed E-state index contributed by atoms with van der Waals surface area (Å²) in [7, 11) is 0. The Balaban J connectivity index is 1.84. The zero-order chi connectivity index (χ0) is 20.5. The number of fused-ring (bicyclic) bond motifs is 1. The first kappa shape index (κ1) is 19.3. The molecule has 0 bridgehead atoms. The van der Waals surface area contributed by atoms with Crippen LogP contribution in [0.25, 0.3) is 0 Å². The number of amides is 1. The first-order valence-electron chi connectivity index (χ1n) is 8.93. The second-order valence-electron chi connectivity index (χ2n) is 6.61. The molecule has 1 unspecified atom stereocenters. The molecule has 1 aliphatic heterocycles. The van der Waals surface area contributed by atoms with Crippen molar-refractivity contribution in [2.24, 2.45) is 5.10 Å². The lowest BCUT2D eigenvalue weighted by atomic mass is 10.0. The molecule has 3 aromatic rings. The molecular weight excluding hydrogens is 409 g/mol. The summed E-state index contributed by atoms with van der Waals surface area (Å²) in [4.78, 5) is 13.3. The van der Waals surface area contributed by atoms with Crippen molar-refractivity contribution < 1.29 is 9.90 Å². The number of phenolic OH excluding ortho intramolecular Hbond substituents is 1. The zero-order valence-electron chi connectivity index (χ0n) is 15.4. The van der Waals surface area contributed by atoms with Crippen molar-refractivity contribution in [1.82, 2.24) is 5.01 Å². The van der Waals surface area contributed by atoms with Gasteiger partial charge in [-0.2, -0.15) is 5.10 Å². The van der Waals surface area contributed by atoms with E-state index in [1.54, 1.807) is 61.5 Å². The summed E-state index contributed by atoms with van der Waals surface area (Å²) in [6, 6.07) is 19.2. The molecular formula is C22H17Cl2N3O2. The third-order valence-corrected chi connectivity index (χ3v) is 5.27. The quantitative estimate of drug-likeness (QED) is 0.529. The highest BCUT2D eigenvalue weighted by atomic mass is 35.5. The molecule has 29 heavy (non-hydrogen) atoms. The fourth-order valence-corrected chi connectivity index (χ4v) is 3.79. The molecule has 1 heterocycles. The van der Waals surface area contributed by atoms with E-state index in [1.807, 2.05) is 12.1 Å². The van der Waals surface area contributed by atoms with Gasteiger partial charge in [-0.15, -0.1) is 0 Å². The molecule has 0 saturated carbocycles. The van der Waals surface area contributed by atoms with Crippen LogP contribution in [-0.4, -0.2) is 21.7 Å². The Hall–Kier alpha value is -3.02. The Morgan fingerprint density at radius 1 is 1.07 bits per heavy atom. The highest BCUT2D eigenvalue weighted by Gasteiger charge is 2.34. The summed E-state index contributed by atoms with van der Waals surface area (Å²) < 4.78 is 0. The van der Waals surface area contributed by atoms with Gasteiger partial charge in [0.25, 0.3) is 5.91 Å². The van der Waals surface area contributed by atoms with E-state index in [4.69, 9.17) is 23.2 Å². The number of nitrogens with zero attached hydrogens (tertiary/aromatic N) is 2. The largest absolute Gasteiger partial charge is 0.507 e. The number of benzene rings is 3. The topological polar surface area (TPSA) is 64.9 Å². The maximum atomic E-state index is 13.3. The van der Waals surface area contributed by atoms with E-state index in [0.29, 0.717) is 38.1 Å². The van der Waals surface area contributed by atoms with Crippen LogP contribution in [0.4, 0.5) is 5.69 Å². The number of nitrogens with one attached hydrogen (secondary N) is 1. The number of para-hydroxylation sites is 2. The molecule has 2 N–H and O–H groups in total. The lowest BCUT2D eigenvalue weighted by Crippen LogP contribution is -2.40. The predicted octanol–water partition coefficient (Wildman–Crippen LogP) is 5.69. The van der Waals surface area contributed by atoms with Crippen molar-refractivity contribution >= 4 is 40.5 Å². The minimum Gasteiger partial charge on any atom is -0.507 e. The molecule has 7 heteroatoms. The number of anilines is 1. The Morgan fingerprint density at radius 3 is 2.55 bits per heavy atom. The van der Waals surface area contributed by atoms with Gasteiger partial charge < -0.3 is 10.4 Å². The van der Waals surface area contributed by atoms with Crippen molar-refractivity contribution in [2.45, 2.75) is 13.1 Å². The molecule has 146 valence electrons. The molecule has 3 aromatic carbocycles. The summed E-state index contributed by atoms with van der Waals surface area (Å²) >= 11 is 12.5. The summed E-state index contributed by atoms with van der Waals surface area (Å²) in [6.45, 7) is 1.74. The van der Waals surface area contributed by atoms with E-state index >= 15 is 0 Å². The van der Waals surface area contributed by atoms with Gasteiger partial charge in [0.1, 0.15) is 5.75 Å². The molecule has 1 atom stereocenters. The highest BCUT2D eigenvalue weighted by Crippen LogP contribution is 2.37. The first-order chi connectivity index (χ1) is 14.0. The molecule has 5 nitrogen and oxygen atoms in total. The summed E-state index contributed by atoms with van der Waals surface area (Å²) in [5, 5.41) is 20.3. The maximum Gasteiger partial charge on any atom is 0.278 e. The number of phenols is 1. The molecule has 0 aliphatic carbocycles. The van der Waals surface area contributed by atoms with Crippen LogP contribution in [0.2, 0.25) is 10.0 Å². The van der Waals surface area contributed by atoms with Crippen molar-refractivity contribution in [3.05, 3.63) is 93.5 Å². The number of rotatable bonds is 3. The molecule has 1 aliphatic rings. The van der Waals surface area contributed by atoms with Gasteiger partial charge >= 0.3 is 0 Å². The lowest BCUT2D eigenvalue weighted by molar-refractivity contribution is 0.0690. The molecule has 4 rings (SSSR count). The van der Waals surface area contributed by atoms with Gasteiger partial charge in [-0.3, -0.25) is 4.79 Å². The molecule has 0 radical (unpaired) electrons. The van der Waals surface area contributed by atoms with Gasteiger partial charge in [-0.05, 0) is 43.3 Å². The van der Waals surface area contributed by atoms with Gasteiger partial charge in [0.2, 0.25) is 0 Å². The van der Waals surface area contributed by atoms with E-state index < -0.39 is 6.17 Å². The molecule has 1 amide bonds. The van der Waals surface area contributed by atoms with Gasteiger partial charge in [-0.1, -0.05) is 53.5 Å². The second-order valence-corrected chi connectivity index (χ2v) is 7.45. The van der Waals surface area contributed by atoms with Crippen LogP contribution >= 0.6 is 23.2 Å². The lowest BCUT2D eigenvalue weighted by Gasteiger charge is -2.35. The average molecular weight is 426 g/mol. The minimum atomic E-state index is -0.636. The minimum absolute atomic E-state index is 0.0904. The fraction of sp³-hybridized carbons (Fsp3) is 0.0909. The molecule has 0 fully saturated rings. The number of halogens is 2. The van der Waals surface area contributed by atoms with E-state index in [9.17, 15) is 9.90 Å².